The molecule has 1 aliphatic heterocycles. The van der Waals surface area contributed by atoms with E-state index in [4.69, 9.17) is 14.7 Å². The molecular formula is C20H27N5O. The minimum Gasteiger partial charge on any atom is -0.487 e. The largest absolute Gasteiger partial charge is 0.487 e. The van der Waals surface area contributed by atoms with Crippen molar-refractivity contribution in [2.75, 3.05) is 25.0 Å². The Balaban J connectivity index is 1.46. The molecule has 0 amide bonds. The zero-order valence-electron chi connectivity index (χ0n) is 15.4. The molecule has 138 valence electrons. The van der Waals surface area contributed by atoms with Crippen LogP contribution in [0.1, 0.15) is 36.8 Å². The number of fused-ring (bicyclic) bond motifs is 1. The number of hydrogen-bond acceptors (Lipinski definition) is 6. The maximum Gasteiger partial charge on any atom is 0.138 e. The summed E-state index contributed by atoms with van der Waals surface area (Å²) in [5.74, 6) is 3.58. The fourth-order valence-corrected chi connectivity index (χ4v) is 3.35. The summed E-state index contributed by atoms with van der Waals surface area (Å²) in [6, 6.07) is 3.82. The molecule has 26 heavy (non-hydrogen) atoms. The first-order valence-electron chi connectivity index (χ1n) is 9.68. The molecule has 2 N–H and O–H groups in total. The normalized spacial score (nSPS) is 17.9. The van der Waals surface area contributed by atoms with Crippen LogP contribution in [0.3, 0.4) is 0 Å². The van der Waals surface area contributed by atoms with Gasteiger partial charge in [0.2, 0.25) is 0 Å². The van der Waals surface area contributed by atoms with Gasteiger partial charge in [0, 0.05) is 31.1 Å². The average Bonchev–Trinajstić information content (AvgIpc) is 3.47. The Labute approximate surface area is 154 Å². The molecular weight excluding hydrogens is 326 g/mol. The van der Waals surface area contributed by atoms with Crippen LogP contribution in [0.4, 0.5) is 5.82 Å². The van der Waals surface area contributed by atoms with Crippen LogP contribution in [-0.4, -0.2) is 40.7 Å². The molecule has 3 heterocycles. The van der Waals surface area contributed by atoms with E-state index < -0.39 is 0 Å². The van der Waals surface area contributed by atoms with Gasteiger partial charge in [-0.3, -0.25) is 4.98 Å². The molecule has 2 aliphatic rings. The van der Waals surface area contributed by atoms with E-state index in [9.17, 15) is 0 Å². The van der Waals surface area contributed by atoms with Crippen LogP contribution in [0, 0.1) is 5.92 Å². The van der Waals surface area contributed by atoms with Gasteiger partial charge in [-0.15, -0.1) is 0 Å². The molecule has 0 saturated heterocycles. The molecule has 0 aromatic carbocycles. The number of nitrogens with zero attached hydrogens (tertiary/aromatic N) is 3. The smallest absolute Gasteiger partial charge is 0.138 e. The number of aromatic nitrogens is 3. The van der Waals surface area contributed by atoms with Crippen molar-refractivity contribution in [3.63, 3.8) is 0 Å². The number of ether oxygens (including phenoxy) is 1. The van der Waals surface area contributed by atoms with Gasteiger partial charge in [0.05, 0.1) is 18.4 Å². The van der Waals surface area contributed by atoms with Gasteiger partial charge in [0.15, 0.2) is 0 Å². The topological polar surface area (TPSA) is 72.0 Å². The standard InChI is InChI=1S/C20H27N5O/c1-14(26-16-3-2-8-22-13-16)12-23-20-17-6-9-21-10-7-18(17)24-19(25-20)11-15-4-5-15/h2-3,8,13-15,21H,4-7,9-12H2,1H3,(H,23,24,25)/t14-/m1/s1. The molecule has 0 unspecified atom stereocenters. The lowest BCUT2D eigenvalue weighted by Gasteiger charge is -2.18. The Kier molecular flexibility index (Phi) is 5.29. The molecule has 6 nitrogen and oxygen atoms in total. The van der Waals surface area contributed by atoms with Crippen molar-refractivity contribution in [3.05, 3.63) is 41.6 Å². The van der Waals surface area contributed by atoms with Gasteiger partial charge in [-0.05, 0) is 50.8 Å². The lowest BCUT2D eigenvalue weighted by atomic mass is 10.1. The highest BCUT2D eigenvalue weighted by Crippen LogP contribution is 2.32. The van der Waals surface area contributed by atoms with Crippen LogP contribution in [0.15, 0.2) is 24.5 Å². The van der Waals surface area contributed by atoms with E-state index in [1.165, 1.54) is 24.1 Å². The van der Waals surface area contributed by atoms with Crippen molar-refractivity contribution in [1.82, 2.24) is 20.3 Å². The highest BCUT2D eigenvalue weighted by molar-refractivity contribution is 5.48. The first-order chi connectivity index (χ1) is 12.8. The summed E-state index contributed by atoms with van der Waals surface area (Å²) in [4.78, 5) is 13.8. The minimum atomic E-state index is 0.0283. The zero-order chi connectivity index (χ0) is 17.8. The predicted molar refractivity (Wildman–Crippen MR) is 102 cm³/mol. The lowest BCUT2D eigenvalue weighted by molar-refractivity contribution is 0.233. The summed E-state index contributed by atoms with van der Waals surface area (Å²) in [6.45, 7) is 4.74. The lowest BCUT2D eigenvalue weighted by Crippen LogP contribution is -2.24. The van der Waals surface area contributed by atoms with Crippen LogP contribution in [0.5, 0.6) is 5.75 Å². The summed E-state index contributed by atoms with van der Waals surface area (Å²) < 4.78 is 5.93. The average molecular weight is 353 g/mol. The SMILES string of the molecule is C[C@H](CNc1nc(CC2CC2)nc2c1CCNCC2)Oc1cccnc1. The predicted octanol–water partition coefficient (Wildman–Crippen LogP) is 2.39. The molecule has 0 bridgehead atoms. The van der Waals surface area contributed by atoms with Gasteiger partial charge in [-0.25, -0.2) is 9.97 Å². The van der Waals surface area contributed by atoms with Crippen molar-refractivity contribution in [2.24, 2.45) is 5.92 Å². The third-order valence-electron chi connectivity index (χ3n) is 4.93. The Morgan fingerprint density at radius 1 is 1.27 bits per heavy atom. The fourth-order valence-electron chi connectivity index (χ4n) is 3.35. The second-order valence-electron chi connectivity index (χ2n) is 7.31. The molecule has 0 spiro atoms. The van der Waals surface area contributed by atoms with Gasteiger partial charge in [-0.2, -0.15) is 0 Å². The molecule has 4 rings (SSSR count). The fraction of sp³-hybridized carbons (Fsp3) is 0.550. The van der Waals surface area contributed by atoms with E-state index in [0.29, 0.717) is 6.54 Å². The molecule has 1 aliphatic carbocycles. The van der Waals surface area contributed by atoms with Gasteiger partial charge < -0.3 is 15.4 Å². The number of hydrogen-bond donors (Lipinski definition) is 2. The maximum absolute atomic E-state index is 5.93. The van der Waals surface area contributed by atoms with Crippen LogP contribution in [0.2, 0.25) is 0 Å². The molecule has 2 aromatic heterocycles. The molecule has 2 aromatic rings. The van der Waals surface area contributed by atoms with Crippen molar-refractivity contribution in [1.29, 1.82) is 0 Å². The Bertz CT molecular complexity index is 732. The Morgan fingerprint density at radius 3 is 2.96 bits per heavy atom. The molecule has 1 atom stereocenters. The quantitative estimate of drug-likeness (QED) is 0.796. The van der Waals surface area contributed by atoms with E-state index in [1.54, 1.807) is 12.4 Å². The van der Waals surface area contributed by atoms with Gasteiger partial charge >= 0.3 is 0 Å². The van der Waals surface area contributed by atoms with Crippen LogP contribution < -0.4 is 15.4 Å². The van der Waals surface area contributed by atoms with E-state index in [0.717, 1.165) is 55.7 Å². The summed E-state index contributed by atoms with van der Waals surface area (Å²) >= 11 is 0. The Hall–Kier alpha value is -2.21. The van der Waals surface area contributed by atoms with Gasteiger partial charge in [0.25, 0.3) is 0 Å². The third kappa shape index (κ3) is 4.49. The zero-order valence-corrected chi connectivity index (χ0v) is 15.4. The summed E-state index contributed by atoms with van der Waals surface area (Å²) in [5.41, 5.74) is 2.48. The van der Waals surface area contributed by atoms with Crippen LogP contribution >= 0.6 is 0 Å². The summed E-state index contributed by atoms with van der Waals surface area (Å²) in [7, 11) is 0. The number of rotatable bonds is 7. The van der Waals surface area contributed by atoms with Gasteiger partial charge in [-0.1, -0.05) is 0 Å². The van der Waals surface area contributed by atoms with E-state index in [-0.39, 0.29) is 6.10 Å². The van der Waals surface area contributed by atoms with E-state index in [2.05, 4.69) is 22.5 Å². The summed E-state index contributed by atoms with van der Waals surface area (Å²) in [6.07, 6.45) is 9.12. The third-order valence-corrected chi connectivity index (χ3v) is 4.93. The van der Waals surface area contributed by atoms with Crippen molar-refractivity contribution >= 4 is 5.82 Å². The van der Waals surface area contributed by atoms with E-state index >= 15 is 0 Å². The number of nitrogens with one attached hydrogen (secondary N) is 2. The Morgan fingerprint density at radius 2 is 2.15 bits per heavy atom. The number of anilines is 1. The van der Waals surface area contributed by atoms with Crippen molar-refractivity contribution < 1.29 is 4.74 Å². The van der Waals surface area contributed by atoms with Crippen molar-refractivity contribution in [2.45, 2.75) is 45.1 Å². The molecule has 0 radical (unpaired) electrons. The van der Waals surface area contributed by atoms with Crippen LogP contribution in [0.25, 0.3) is 0 Å². The second-order valence-corrected chi connectivity index (χ2v) is 7.31. The van der Waals surface area contributed by atoms with Crippen molar-refractivity contribution in [3.8, 4) is 5.75 Å². The van der Waals surface area contributed by atoms with E-state index in [1.807, 2.05) is 12.1 Å². The number of pyridine rings is 1. The minimum absolute atomic E-state index is 0.0283. The maximum atomic E-state index is 5.93. The first kappa shape index (κ1) is 17.2. The highest BCUT2D eigenvalue weighted by Gasteiger charge is 2.25. The monoisotopic (exact) mass is 353 g/mol. The van der Waals surface area contributed by atoms with Crippen LogP contribution in [-0.2, 0) is 19.3 Å². The summed E-state index contributed by atoms with van der Waals surface area (Å²) in [5, 5.41) is 6.99. The van der Waals surface area contributed by atoms with Gasteiger partial charge in [0.1, 0.15) is 23.5 Å². The molecule has 1 fully saturated rings. The highest BCUT2D eigenvalue weighted by atomic mass is 16.5. The molecule has 6 heteroatoms. The molecule has 1 saturated carbocycles. The second kappa shape index (κ2) is 7.99. The first-order valence-corrected chi connectivity index (χ1v) is 9.68.